The summed E-state index contributed by atoms with van der Waals surface area (Å²) >= 11 is 0. The van der Waals surface area contributed by atoms with Crippen LogP contribution in [-0.4, -0.2) is 70.6 Å². The Balaban J connectivity index is 1.57. The van der Waals surface area contributed by atoms with Crippen molar-refractivity contribution in [2.24, 2.45) is 28.8 Å². The zero-order valence-corrected chi connectivity index (χ0v) is 28.3. The first kappa shape index (κ1) is 35.1. The highest BCUT2D eigenvalue weighted by atomic mass is 19.1. The maximum Gasteiger partial charge on any atom is 0.239 e. The van der Waals surface area contributed by atoms with Gasteiger partial charge in [-0.15, -0.1) is 6.58 Å². The summed E-state index contributed by atoms with van der Waals surface area (Å²) in [7, 11) is 1.52. The molecular weight excluding hydrogens is 627 g/mol. The molecule has 2 aromatic carbocycles. The molecule has 6 atom stereocenters. The molecule has 0 unspecified atom stereocenters. The number of hydrogen-bond donors (Lipinski definition) is 3. The molecule has 2 fully saturated rings. The first-order valence-corrected chi connectivity index (χ1v) is 17.7. The van der Waals surface area contributed by atoms with Crippen molar-refractivity contribution >= 4 is 11.6 Å². The van der Waals surface area contributed by atoms with E-state index in [-0.39, 0.29) is 67.5 Å². The number of phenolic OH excluding ortho intramolecular Hbond substituents is 1. The number of unbranched alkanes of at least 4 members (excludes halogenated alkanes) is 2. The molecule has 264 valence electrons. The van der Waals surface area contributed by atoms with E-state index in [1.165, 1.54) is 19.2 Å². The molecule has 49 heavy (non-hydrogen) atoms. The van der Waals surface area contributed by atoms with Crippen molar-refractivity contribution < 1.29 is 38.8 Å². The maximum absolute atomic E-state index is 14.4. The van der Waals surface area contributed by atoms with Crippen LogP contribution in [-0.2, 0) is 20.9 Å². The summed E-state index contributed by atoms with van der Waals surface area (Å²) in [6, 6.07) is 10.8. The fraction of sp³-hybridized carbons (Fsp3) is 0.538. The van der Waals surface area contributed by atoms with Crippen molar-refractivity contribution in [2.45, 2.75) is 82.1 Å². The highest BCUT2D eigenvalue weighted by Crippen LogP contribution is 2.62. The molecule has 0 spiro atoms. The lowest BCUT2D eigenvalue weighted by molar-refractivity contribution is -0.258. The van der Waals surface area contributed by atoms with E-state index in [1.807, 2.05) is 4.90 Å². The first-order valence-electron chi connectivity index (χ1n) is 17.7. The summed E-state index contributed by atoms with van der Waals surface area (Å²) in [4.78, 5) is 21.7. The van der Waals surface area contributed by atoms with Crippen LogP contribution in [0.5, 0.6) is 11.5 Å². The fourth-order valence-electron chi connectivity index (χ4n) is 8.46. The van der Waals surface area contributed by atoms with Gasteiger partial charge in [0, 0.05) is 43.6 Å². The third-order valence-corrected chi connectivity index (χ3v) is 10.7. The second kappa shape index (κ2) is 15.4. The molecule has 1 aliphatic heterocycles. The SMILES string of the molecule is C=CCO[C@@]12Oc3ccc(O)cc3[C@H]3[C@H](CCCCO)[C@@H](CCCCO)C=C(C(=NOC)C[C@@H]1N(Cc1ccc(F)cc1)C(=O)C1CC1)[C@H]32. The number of benzene rings is 2. The number of rotatable bonds is 16. The molecule has 10 heteroatoms. The van der Waals surface area contributed by atoms with Crippen LogP contribution in [0, 0.1) is 29.5 Å². The molecule has 1 heterocycles. The van der Waals surface area contributed by atoms with E-state index in [1.54, 1.807) is 36.4 Å². The van der Waals surface area contributed by atoms with Crippen molar-refractivity contribution in [3.63, 3.8) is 0 Å². The number of oxime groups is 1. The summed E-state index contributed by atoms with van der Waals surface area (Å²) in [5, 5.41) is 34.8. The number of carbonyl (C=O) groups is 1. The summed E-state index contributed by atoms with van der Waals surface area (Å²) in [6.07, 6.45) is 10.5. The molecule has 0 saturated heterocycles. The number of aromatic hydroxyl groups is 1. The monoisotopic (exact) mass is 676 g/mol. The van der Waals surface area contributed by atoms with Crippen LogP contribution in [0.25, 0.3) is 0 Å². The number of allylic oxidation sites excluding steroid dienone is 1. The highest BCUT2D eigenvalue weighted by Gasteiger charge is 2.65. The molecular formula is C39H49FN2O7. The molecule has 9 nitrogen and oxygen atoms in total. The second-order valence-corrected chi connectivity index (χ2v) is 13.8. The summed E-state index contributed by atoms with van der Waals surface area (Å²) in [6.45, 7) is 4.56. The number of carbonyl (C=O) groups excluding carboxylic acids is 1. The Morgan fingerprint density at radius 2 is 1.84 bits per heavy atom. The van der Waals surface area contributed by atoms with E-state index in [4.69, 9.17) is 14.3 Å². The van der Waals surface area contributed by atoms with Gasteiger partial charge in [-0.05, 0) is 91.8 Å². The minimum atomic E-state index is -1.36. The number of amides is 1. The number of phenols is 1. The lowest BCUT2D eigenvalue weighted by Gasteiger charge is -2.60. The number of aliphatic hydroxyl groups is 2. The molecule has 0 radical (unpaired) electrons. The largest absolute Gasteiger partial charge is 0.508 e. The Kier molecular flexibility index (Phi) is 11.1. The summed E-state index contributed by atoms with van der Waals surface area (Å²) in [5.41, 5.74) is 3.30. The summed E-state index contributed by atoms with van der Waals surface area (Å²) < 4.78 is 28.0. The summed E-state index contributed by atoms with van der Waals surface area (Å²) in [5.74, 6) is -1.58. The minimum Gasteiger partial charge on any atom is -0.508 e. The van der Waals surface area contributed by atoms with Crippen molar-refractivity contribution in [1.29, 1.82) is 0 Å². The second-order valence-electron chi connectivity index (χ2n) is 13.8. The fourth-order valence-corrected chi connectivity index (χ4v) is 8.46. The predicted molar refractivity (Wildman–Crippen MR) is 183 cm³/mol. The van der Waals surface area contributed by atoms with Crippen molar-refractivity contribution in [2.75, 3.05) is 26.9 Å². The Morgan fingerprint density at radius 1 is 1.10 bits per heavy atom. The Morgan fingerprint density at radius 3 is 2.51 bits per heavy atom. The Bertz CT molecular complexity index is 1540. The lowest BCUT2D eigenvalue weighted by atomic mass is 9.55. The standard InChI is InChI=1S/C39H49FN2O7/c1-3-20-48-39-35(42(38(46)26-12-13-26)24-25-10-14-28(40)15-11-25)23-33(41-47-2)31-21-27(8-4-6-18-43)30(9-5-7-19-44)36(37(31)39)32-22-29(45)16-17-34(32)49-39/h3,10-11,14-17,21-22,26-27,30,35-37,43-45H,1,4-9,12-13,18-20,23-24H2,2H3/t27-,30+,35-,36+,37+,39+/m0/s1. The van der Waals surface area contributed by atoms with Gasteiger partial charge in [0.05, 0.1) is 18.2 Å². The van der Waals surface area contributed by atoms with E-state index in [0.29, 0.717) is 30.7 Å². The number of nitrogens with zero attached hydrogens (tertiary/aromatic N) is 2. The van der Waals surface area contributed by atoms with Gasteiger partial charge in [0.25, 0.3) is 0 Å². The van der Waals surface area contributed by atoms with Gasteiger partial charge in [-0.2, -0.15) is 0 Å². The van der Waals surface area contributed by atoms with Crippen LogP contribution in [0.1, 0.15) is 74.8 Å². The third-order valence-electron chi connectivity index (χ3n) is 10.7. The van der Waals surface area contributed by atoms with E-state index >= 15 is 0 Å². The topological polar surface area (TPSA) is 121 Å². The molecule has 3 aliphatic carbocycles. The van der Waals surface area contributed by atoms with Gasteiger partial charge >= 0.3 is 0 Å². The van der Waals surface area contributed by atoms with Crippen molar-refractivity contribution in [3.8, 4) is 11.5 Å². The smallest absolute Gasteiger partial charge is 0.239 e. The van der Waals surface area contributed by atoms with Crippen LogP contribution in [0.15, 0.2) is 71.9 Å². The Labute approximate surface area is 288 Å². The number of ether oxygens (including phenoxy) is 2. The molecule has 1 amide bonds. The molecule has 2 saturated carbocycles. The molecule has 0 aromatic heterocycles. The molecule has 3 N–H and O–H groups in total. The molecule has 2 aromatic rings. The van der Waals surface area contributed by atoms with E-state index in [2.05, 4.69) is 17.8 Å². The molecule has 6 rings (SSSR count). The van der Waals surface area contributed by atoms with E-state index in [0.717, 1.165) is 55.2 Å². The normalized spacial score (nSPS) is 27.8. The van der Waals surface area contributed by atoms with Crippen LogP contribution in [0.4, 0.5) is 4.39 Å². The average molecular weight is 677 g/mol. The van der Waals surface area contributed by atoms with Crippen LogP contribution >= 0.6 is 0 Å². The van der Waals surface area contributed by atoms with Crippen LogP contribution in [0.3, 0.4) is 0 Å². The van der Waals surface area contributed by atoms with Gasteiger partial charge in [-0.1, -0.05) is 42.3 Å². The average Bonchev–Trinajstić information content (AvgIpc) is 3.95. The lowest BCUT2D eigenvalue weighted by Crippen LogP contribution is -2.70. The molecule has 4 aliphatic rings. The molecule has 0 bridgehead atoms. The maximum atomic E-state index is 14.4. The van der Waals surface area contributed by atoms with Gasteiger partial charge in [-0.25, -0.2) is 4.39 Å². The van der Waals surface area contributed by atoms with Gasteiger partial charge in [0.1, 0.15) is 30.5 Å². The van der Waals surface area contributed by atoms with Crippen molar-refractivity contribution in [3.05, 3.63) is 83.7 Å². The Hall–Kier alpha value is -3.73. The zero-order chi connectivity index (χ0) is 34.5. The van der Waals surface area contributed by atoms with Gasteiger partial charge < -0.3 is 34.5 Å². The number of halogens is 1. The first-order chi connectivity index (χ1) is 23.8. The zero-order valence-electron chi connectivity index (χ0n) is 28.3. The van der Waals surface area contributed by atoms with E-state index < -0.39 is 17.7 Å². The van der Waals surface area contributed by atoms with Crippen molar-refractivity contribution in [1.82, 2.24) is 4.90 Å². The van der Waals surface area contributed by atoms with Crippen LogP contribution < -0.4 is 4.74 Å². The third kappa shape index (κ3) is 7.14. The number of fused-ring (bicyclic) bond motifs is 2. The van der Waals surface area contributed by atoms with Gasteiger partial charge in [0.15, 0.2) is 0 Å². The quantitative estimate of drug-likeness (QED) is 0.110. The van der Waals surface area contributed by atoms with E-state index in [9.17, 15) is 24.5 Å². The van der Waals surface area contributed by atoms with Crippen LogP contribution in [0.2, 0.25) is 0 Å². The van der Waals surface area contributed by atoms with Gasteiger partial charge in [0.2, 0.25) is 11.7 Å². The number of aliphatic hydroxyl groups excluding tert-OH is 2. The number of hydrogen-bond acceptors (Lipinski definition) is 8. The van der Waals surface area contributed by atoms with Gasteiger partial charge in [-0.3, -0.25) is 4.79 Å². The predicted octanol–water partition coefficient (Wildman–Crippen LogP) is 6.23. The highest BCUT2D eigenvalue weighted by molar-refractivity contribution is 6.03. The minimum absolute atomic E-state index is 0.00561.